The number of nitrogens with one attached hydrogen (secondary N) is 3. The Kier molecular flexibility index (Phi) is 14.7. The van der Waals surface area contributed by atoms with Crippen molar-refractivity contribution in [2.24, 2.45) is 5.92 Å². The molecule has 4 heterocycles. The van der Waals surface area contributed by atoms with Crippen molar-refractivity contribution >= 4 is 58.9 Å². The first-order chi connectivity index (χ1) is 30.4. The van der Waals surface area contributed by atoms with Crippen LogP contribution in [0.5, 0.6) is 0 Å². The van der Waals surface area contributed by atoms with Crippen LogP contribution in [0.2, 0.25) is 0 Å². The van der Waals surface area contributed by atoms with Crippen molar-refractivity contribution in [1.82, 2.24) is 24.9 Å². The molecular formula is C45H59F4N9O5S. The van der Waals surface area contributed by atoms with Gasteiger partial charge in [-0.25, -0.2) is 14.4 Å². The number of aromatic nitrogens is 2. The van der Waals surface area contributed by atoms with Gasteiger partial charge in [-0.2, -0.15) is 13.2 Å². The number of hydrogen-bond acceptors (Lipinski definition) is 13. The third kappa shape index (κ3) is 11.3. The molecule has 3 aromatic rings. The largest absolute Gasteiger partial charge is 0.419 e. The number of piperidine rings is 2. The number of rotatable bonds is 16. The van der Waals surface area contributed by atoms with Crippen molar-refractivity contribution in [2.45, 2.75) is 113 Å². The number of anilines is 5. The summed E-state index contributed by atoms with van der Waals surface area (Å²) < 4.78 is 67.6. The van der Waals surface area contributed by atoms with Gasteiger partial charge in [0.05, 0.1) is 40.9 Å². The fourth-order valence-corrected chi connectivity index (χ4v) is 9.90. The van der Waals surface area contributed by atoms with Crippen LogP contribution in [-0.2, 0) is 25.3 Å². The molecule has 3 amide bonds. The molecule has 7 rings (SSSR count). The number of carbonyl (C=O) groups is 3. The summed E-state index contributed by atoms with van der Waals surface area (Å²) in [6.07, 6.45) is 0.885. The molecule has 14 nitrogen and oxygen atoms in total. The molecule has 0 radical (unpaired) electrons. The molecule has 19 heteroatoms. The highest BCUT2D eigenvalue weighted by atomic mass is 32.2. The SMILES string of the molecule is Cc1cc(SNC(C)COC2CN(CC3CCN(c4ccc(N(C)C5CCC(=O)NC5=O)c(N(C)C=O)c4F)CC3)C2)ccc1Nc1ncc(C(F)(F)F)c(C2CCC(C)(O)CC2)n1. The topological polar surface area (TPSA) is 156 Å². The quantitative estimate of drug-likeness (QED) is 0.0534. The number of amides is 3. The molecule has 1 aliphatic carbocycles. The Hall–Kier alpha value is -4.56. The third-order valence-electron chi connectivity index (χ3n) is 13.0. The number of carbonyl (C=O) groups excluding carboxylic acids is 3. The Labute approximate surface area is 376 Å². The molecule has 3 aliphatic heterocycles. The molecular weight excluding hydrogens is 855 g/mol. The summed E-state index contributed by atoms with van der Waals surface area (Å²) in [7, 11) is 3.16. The van der Waals surface area contributed by atoms with Gasteiger partial charge in [0.1, 0.15) is 11.7 Å². The Balaban J connectivity index is 0.830. The standard InChI is InChI=1S/C45H59F4N9O5S/c1-27-20-32(6-7-34(27)51-43-50-21-33(45(47,48)49)40(53-43)30-12-16-44(3,62)17-13-30)64-54-28(2)25-63-31-23-57(24-31)22-29-14-18-58(19-15-29)35-8-9-36(41(39(35)46)55(4)26-59)56(5)37-10-11-38(60)52-42(37)61/h6-9,20-21,26,28-31,37,54,62H,10-19,22-25H2,1-5H3,(H,50,51,53)(H,52,60,61). The van der Waals surface area contributed by atoms with Crippen LogP contribution in [0.1, 0.15) is 88.0 Å². The molecule has 2 aromatic carbocycles. The lowest BCUT2D eigenvalue weighted by atomic mass is 9.78. The van der Waals surface area contributed by atoms with Crippen LogP contribution < -0.4 is 30.1 Å². The fraction of sp³-hybridized carbons (Fsp3) is 0.578. The second-order valence-corrected chi connectivity index (χ2v) is 19.1. The minimum absolute atomic E-state index is 0.0309. The number of aliphatic hydroxyl groups is 1. The van der Waals surface area contributed by atoms with Crippen LogP contribution in [0.4, 0.5) is 46.3 Å². The van der Waals surface area contributed by atoms with Crippen molar-refractivity contribution in [3.05, 3.63) is 59.2 Å². The van der Waals surface area contributed by atoms with E-state index in [1.807, 2.05) is 30.0 Å². The number of nitrogens with zero attached hydrogens (tertiary/aromatic N) is 6. The van der Waals surface area contributed by atoms with E-state index in [4.69, 9.17) is 4.74 Å². The zero-order valence-corrected chi connectivity index (χ0v) is 37.8. The van der Waals surface area contributed by atoms with Crippen molar-refractivity contribution < 1.29 is 41.8 Å². The number of halogens is 4. The number of likely N-dealkylation sites (tertiary alicyclic amines) is 1. The van der Waals surface area contributed by atoms with Gasteiger partial charge in [0.25, 0.3) is 0 Å². The maximum absolute atomic E-state index is 16.2. The molecule has 3 saturated heterocycles. The van der Waals surface area contributed by atoms with Gasteiger partial charge in [-0.1, -0.05) is 0 Å². The summed E-state index contributed by atoms with van der Waals surface area (Å²) >= 11 is 1.48. The van der Waals surface area contributed by atoms with E-state index in [-0.39, 0.29) is 41.8 Å². The first-order valence-electron chi connectivity index (χ1n) is 22.0. The Morgan fingerprint density at radius 1 is 1.09 bits per heavy atom. The van der Waals surface area contributed by atoms with Gasteiger partial charge in [-0.05, 0) is 119 Å². The van der Waals surface area contributed by atoms with Crippen LogP contribution in [0, 0.1) is 18.7 Å². The molecule has 1 aromatic heterocycles. The molecule has 4 fully saturated rings. The predicted molar refractivity (Wildman–Crippen MR) is 238 cm³/mol. The van der Waals surface area contributed by atoms with Gasteiger partial charge in [-0.15, -0.1) is 0 Å². The lowest BCUT2D eigenvalue weighted by molar-refractivity contribution is -0.139. The predicted octanol–water partition coefficient (Wildman–Crippen LogP) is 6.53. The zero-order chi connectivity index (χ0) is 45.9. The minimum Gasteiger partial charge on any atom is -0.390 e. The van der Waals surface area contributed by atoms with E-state index in [2.05, 4.69) is 37.1 Å². The van der Waals surface area contributed by atoms with Gasteiger partial charge >= 0.3 is 6.18 Å². The average Bonchev–Trinajstić information content (AvgIpc) is 3.23. The second kappa shape index (κ2) is 19.9. The average molecular weight is 914 g/mol. The molecule has 2 atom stereocenters. The summed E-state index contributed by atoms with van der Waals surface area (Å²) in [6, 6.07) is 8.61. The highest BCUT2D eigenvalue weighted by Gasteiger charge is 2.40. The fourth-order valence-electron chi connectivity index (χ4n) is 9.12. The molecule has 4 aliphatic rings. The van der Waals surface area contributed by atoms with E-state index >= 15 is 4.39 Å². The third-order valence-corrected chi connectivity index (χ3v) is 14.0. The molecule has 2 unspecified atom stereocenters. The van der Waals surface area contributed by atoms with Gasteiger partial charge in [-0.3, -0.25) is 29.3 Å². The lowest BCUT2D eigenvalue weighted by Crippen LogP contribution is -2.55. The van der Waals surface area contributed by atoms with Crippen LogP contribution in [0.3, 0.4) is 0 Å². The lowest BCUT2D eigenvalue weighted by Gasteiger charge is -2.43. The van der Waals surface area contributed by atoms with Crippen LogP contribution in [-0.4, -0.2) is 115 Å². The van der Waals surface area contributed by atoms with Gasteiger partial charge < -0.3 is 29.9 Å². The van der Waals surface area contributed by atoms with Gasteiger partial charge in [0.2, 0.25) is 24.2 Å². The first kappa shape index (κ1) is 47.4. The van der Waals surface area contributed by atoms with E-state index in [9.17, 15) is 32.7 Å². The van der Waals surface area contributed by atoms with Crippen molar-refractivity contribution in [3.8, 4) is 0 Å². The molecule has 64 heavy (non-hydrogen) atoms. The van der Waals surface area contributed by atoms with Crippen molar-refractivity contribution in [3.63, 3.8) is 0 Å². The summed E-state index contributed by atoms with van der Waals surface area (Å²) in [5.41, 5.74) is 0.729. The second-order valence-electron chi connectivity index (χ2n) is 18.1. The van der Waals surface area contributed by atoms with Gasteiger partial charge in [0, 0.05) is 82.0 Å². The monoisotopic (exact) mass is 913 g/mol. The molecule has 4 N–H and O–H groups in total. The maximum atomic E-state index is 16.2. The van der Waals surface area contributed by atoms with E-state index in [0.717, 1.165) is 49.1 Å². The summed E-state index contributed by atoms with van der Waals surface area (Å²) in [5.74, 6) is -1.16. The Morgan fingerprint density at radius 3 is 2.47 bits per heavy atom. The van der Waals surface area contributed by atoms with Crippen LogP contribution in [0.15, 0.2) is 41.4 Å². The molecule has 348 valence electrons. The minimum atomic E-state index is -4.58. The first-order valence-corrected chi connectivity index (χ1v) is 22.8. The highest BCUT2D eigenvalue weighted by Crippen LogP contribution is 2.43. The van der Waals surface area contributed by atoms with E-state index in [0.29, 0.717) is 81.2 Å². The smallest absolute Gasteiger partial charge is 0.390 e. The van der Waals surface area contributed by atoms with Gasteiger partial charge in [0.15, 0.2) is 5.82 Å². The normalized spacial score (nSPS) is 23.1. The number of aryl methyl sites for hydroxylation is 1. The zero-order valence-electron chi connectivity index (χ0n) is 37.0. The number of benzene rings is 2. The summed E-state index contributed by atoms with van der Waals surface area (Å²) in [6.45, 7) is 10.2. The van der Waals surface area contributed by atoms with Crippen molar-refractivity contribution in [1.29, 1.82) is 0 Å². The van der Waals surface area contributed by atoms with E-state index < -0.39 is 41.0 Å². The maximum Gasteiger partial charge on any atom is 0.419 e. The van der Waals surface area contributed by atoms with Crippen LogP contribution >= 0.6 is 11.9 Å². The number of imide groups is 1. The number of likely N-dealkylation sites (N-methyl/N-ethyl adjacent to an activating group) is 1. The number of alkyl halides is 3. The molecule has 1 saturated carbocycles. The Bertz CT molecular complexity index is 2160. The Morgan fingerprint density at radius 2 is 1.81 bits per heavy atom. The summed E-state index contributed by atoms with van der Waals surface area (Å²) in [4.78, 5) is 52.7. The summed E-state index contributed by atoms with van der Waals surface area (Å²) in [5, 5.41) is 15.8. The highest BCUT2D eigenvalue weighted by molar-refractivity contribution is 7.97. The van der Waals surface area contributed by atoms with Crippen molar-refractivity contribution in [2.75, 3.05) is 73.4 Å². The number of hydrogen-bond donors (Lipinski definition) is 4. The molecule has 0 spiro atoms. The van der Waals surface area contributed by atoms with E-state index in [1.165, 1.54) is 23.9 Å². The van der Waals surface area contributed by atoms with E-state index in [1.54, 1.807) is 31.0 Å². The van der Waals surface area contributed by atoms with Crippen LogP contribution in [0.25, 0.3) is 0 Å². The molecule has 0 bridgehead atoms. The number of ether oxygens (including phenoxy) is 1.